The van der Waals surface area contributed by atoms with E-state index in [4.69, 9.17) is 0 Å². The first-order valence-corrected chi connectivity index (χ1v) is 6.80. The normalized spacial score (nSPS) is 11.8. The van der Waals surface area contributed by atoms with Gasteiger partial charge in [-0.15, -0.1) is 0 Å². The number of nitrogens with zero attached hydrogens (tertiary/aromatic N) is 2. The molecule has 0 spiro atoms. The van der Waals surface area contributed by atoms with Crippen LogP contribution in [0.4, 0.5) is 13.2 Å². The number of rotatable bonds is 4. The molecular formula is C13H13F3N2S. The molecule has 0 saturated carbocycles. The smallest absolute Gasteiger partial charge is 0.310 e. The van der Waals surface area contributed by atoms with Crippen LogP contribution >= 0.6 is 11.8 Å². The SMILES string of the molecule is CCSc1ncc(-c2ccccc2)n1CC(F)(F)F. The Labute approximate surface area is 113 Å². The van der Waals surface area contributed by atoms with Gasteiger partial charge in [0, 0.05) is 0 Å². The molecular weight excluding hydrogens is 273 g/mol. The molecule has 2 nitrogen and oxygen atoms in total. The zero-order valence-electron chi connectivity index (χ0n) is 10.3. The summed E-state index contributed by atoms with van der Waals surface area (Å²) >= 11 is 1.31. The van der Waals surface area contributed by atoms with Crippen molar-refractivity contribution in [2.45, 2.75) is 24.8 Å². The molecule has 1 aromatic carbocycles. The zero-order valence-corrected chi connectivity index (χ0v) is 11.1. The topological polar surface area (TPSA) is 17.8 Å². The van der Waals surface area contributed by atoms with E-state index >= 15 is 0 Å². The minimum atomic E-state index is -4.26. The standard InChI is InChI=1S/C13H13F3N2S/c1-2-19-12-17-8-11(10-6-4-3-5-7-10)18(12)9-13(14,15)16/h3-8H,2,9H2,1H3. The second-order valence-electron chi connectivity index (χ2n) is 3.93. The van der Waals surface area contributed by atoms with E-state index < -0.39 is 12.7 Å². The lowest BCUT2D eigenvalue weighted by Gasteiger charge is -2.13. The molecule has 0 N–H and O–H groups in total. The van der Waals surface area contributed by atoms with Crippen molar-refractivity contribution in [3.63, 3.8) is 0 Å². The van der Waals surface area contributed by atoms with Gasteiger partial charge in [0.1, 0.15) is 6.54 Å². The summed E-state index contributed by atoms with van der Waals surface area (Å²) in [4.78, 5) is 4.09. The lowest BCUT2D eigenvalue weighted by Crippen LogP contribution is -2.19. The van der Waals surface area contributed by atoms with Gasteiger partial charge in [-0.25, -0.2) is 4.98 Å². The molecule has 0 radical (unpaired) electrons. The first kappa shape index (κ1) is 14.0. The summed E-state index contributed by atoms with van der Waals surface area (Å²) < 4.78 is 39.3. The number of halogens is 3. The summed E-state index contributed by atoms with van der Waals surface area (Å²) in [6, 6.07) is 8.99. The van der Waals surface area contributed by atoms with E-state index in [1.54, 1.807) is 24.3 Å². The molecule has 0 saturated heterocycles. The third-order valence-electron chi connectivity index (χ3n) is 2.50. The fourth-order valence-electron chi connectivity index (χ4n) is 1.77. The van der Waals surface area contributed by atoms with E-state index in [0.717, 1.165) is 5.56 Å². The van der Waals surface area contributed by atoms with Gasteiger partial charge in [-0.05, 0) is 11.3 Å². The van der Waals surface area contributed by atoms with Crippen molar-refractivity contribution in [1.82, 2.24) is 9.55 Å². The van der Waals surface area contributed by atoms with Gasteiger partial charge in [0.25, 0.3) is 0 Å². The number of aromatic nitrogens is 2. The van der Waals surface area contributed by atoms with Crippen LogP contribution in [0.25, 0.3) is 11.3 Å². The fourth-order valence-corrected chi connectivity index (χ4v) is 2.48. The van der Waals surface area contributed by atoms with Crippen LogP contribution in [0.2, 0.25) is 0 Å². The Hall–Kier alpha value is -1.43. The highest BCUT2D eigenvalue weighted by atomic mass is 32.2. The van der Waals surface area contributed by atoms with E-state index in [1.807, 2.05) is 13.0 Å². The fraction of sp³-hybridized carbons (Fsp3) is 0.308. The second-order valence-corrected chi connectivity index (χ2v) is 5.16. The van der Waals surface area contributed by atoms with Gasteiger partial charge in [0.05, 0.1) is 11.9 Å². The number of alkyl halides is 3. The average Bonchev–Trinajstić information content (AvgIpc) is 2.72. The molecule has 1 aromatic heterocycles. The van der Waals surface area contributed by atoms with Crippen LogP contribution in [0.5, 0.6) is 0 Å². The molecule has 0 aliphatic heterocycles. The first-order valence-electron chi connectivity index (χ1n) is 5.82. The molecule has 0 aliphatic rings. The minimum Gasteiger partial charge on any atom is -0.310 e. The van der Waals surface area contributed by atoms with Gasteiger partial charge in [-0.3, -0.25) is 0 Å². The first-order chi connectivity index (χ1) is 9.01. The monoisotopic (exact) mass is 286 g/mol. The van der Waals surface area contributed by atoms with Gasteiger partial charge < -0.3 is 4.57 Å². The summed E-state index contributed by atoms with van der Waals surface area (Å²) in [7, 11) is 0. The lowest BCUT2D eigenvalue weighted by atomic mass is 10.2. The Morgan fingerprint density at radius 1 is 1.21 bits per heavy atom. The van der Waals surface area contributed by atoms with Crippen molar-refractivity contribution in [3.05, 3.63) is 36.5 Å². The third kappa shape index (κ3) is 3.53. The van der Waals surface area contributed by atoms with E-state index in [1.165, 1.54) is 22.5 Å². The Kier molecular flexibility index (Phi) is 4.19. The number of imidazole rings is 1. The number of hydrogen-bond acceptors (Lipinski definition) is 2. The maximum Gasteiger partial charge on any atom is 0.406 e. The molecule has 0 unspecified atom stereocenters. The predicted molar refractivity (Wildman–Crippen MR) is 70.1 cm³/mol. The molecule has 0 aliphatic carbocycles. The minimum absolute atomic E-state index is 0.402. The summed E-state index contributed by atoms with van der Waals surface area (Å²) in [5.74, 6) is 0.684. The van der Waals surface area contributed by atoms with Crippen molar-refractivity contribution in [3.8, 4) is 11.3 Å². The maximum atomic E-state index is 12.7. The molecule has 6 heteroatoms. The highest BCUT2D eigenvalue weighted by Gasteiger charge is 2.30. The highest BCUT2D eigenvalue weighted by molar-refractivity contribution is 7.99. The van der Waals surface area contributed by atoms with Crippen LogP contribution in [-0.4, -0.2) is 21.5 Å². The molecule has 0 fully saturated rings. The molecule has 102 valence electrons. The quantitative estimate of drug-likeness (QED) is 0.783. The van der Waals surface area contributed by atoms with Crippen LogP contribution < -0.4 is 0 Å². The second kappa shape index (κ2) is 5.69. The Bertz CT molecular complexity index is 535. The molecule has 0 bridgehead atoms. The molecule has 2 aromatic rings. The van der Waals surface area contributed by atoms with Crippen molar-refractivity contribution < 1.29 is 13.2 Å². The van der Waals surface area contributed by atoms with Crippen LogP contribution in [-0.2, 0) is 6.54 Å². The summed E-state index contributed by atoms with van der Waals surface area (Å²) in [6.07, 6.45) is -2.76. The van der Waals surface area contributed by atoms with Gasteiger partial charge in [0.2, 0.25) is 0 Å². The van der Waals surface area contributed by atoms with Crippen molar-refractivity contribution in [2.24, 2.45) is 0 Å². The third-order valence-corrected chi connectivity index (χ3v) is 3.37. The average molecular weight is 286 g/mol. The predicted octanol–water partition coefficient (Wildman–Crippen LogP) is 4.22. The summed E-state index contributed by atoms with van der Waals surface area (Å²) in [5.41, 5.74) is 1.23. The molecule has 0 atom stereocenters. The Morgan fingerprint density at radius 2 is 1.89 bits per heavy atom. The molecule has 0 amide bonds. The van der Waals surface area contributed by atoms with Gasteiger partial charge in [0.15, 0.2) is 5.16 Å². The van der Waals surface area contributed by atoms with E-state index in [-0.39, 0.29) is 0 Å². The number of thioether (sulfide) groups is 1. The molecule has 19 heavy (non-hydrogen) atoms. The Balaban J connectivity index is 2.44. The van der Waals surface area contributed by atoms with E-state index in [2.05, 4.69) is 4.98 Å². The largest absolute Gasteiger partial charge is 0.406 e. The van der Waals surface area contributed by atoms with Crippen molar-refractivity contribution in [2.75, 3.05) is 5.75 Å². The summed E-state index contributed by atoms with van der Waals surface area (Å²) in [6.45, 7) is 0.874. The van der Waals surface area contributed by atoms with E-state index in [0.29, 0.717) is 16.6 Å². The molecule has 1 heterocycles. The number of benzene rings is 1. The van der Waals surface area contributed by atoms with Crippen molar-refractivity contribution in [1.29, 1.82) is 0 Å². The van der Waals surface area contributed by atoms with Crippen LogP contribution in [0.1, 0.15) is 6.92 Å². The number of hydrogen-bond donors (Lipinski definition) is 0. The maximum absolute atomic E-state index is 12.7. The lowest BCUT2D eigenvalue weighted by molar-refractivity contribution is -0.141. The van der Waals surface area contributed by atoms with Crippen LogP contribution in [0.15, 0.2) is 41.7 Å². The van der Waals surface area contributed by atoms with Crippen LogP contribution in [0.3, 0.4) is 0 Å². The van der Waals surface area contributed by atoms with Gasteiger partial charge in [-0.1, -0.05) is 49.0 Å². The van der Waals surface area contributed by atoms with Gasteiger partial charge in [-0.2, -0.15) is 13.2 Å². The summed E-state index contributed by atoms with van der Waals surface area (Å²) in [5, 5.41) is 0.402. The highest BCUT2D eigenvalue weighted by Crippen LogP contribution is 2.29. The molecule has 2 rings (SSSR count). The zero-order chi connectivity index (χ0) is 13.9. The van der Waals surface area contributed by atoms with E-state index in [9.17, 15) is 13.2 Å². The van der Waals surface area contributed by atoms with Gasteiger partial charge >= 0.3 is 6.18 Å². The van der Waals surface area contributed by atoms with Crippen molar-refractivity contribution >= 4 is 11.8 Å². The Morgan fingerprint density at radius 3 is 2.47 bits per heavy atom. The van der Waals surface area contributed by atoms with Crippen LogP contribution in [0, 0.1) is 0 Å².